The number of nitrogens with one attached hydrogen (secondary N) is 1. The van der Waals surface area contributed by atoms with Crippen LogP contribution in [-0.2, 0) is 4.79 Å². The maximum absolute atomic E-state index is 13.2. The normalized spacial score (nSPS) is 10.8. The van der Waals surface area contributed by atoms with Crippen molar-refractivity contribution in [3.63, 3.8) is 0 Å². The molecule has 0 unspecified atom stereocenters. The second-order valence-electron chi connectivity index (χ2n) is 4.79. The van der Waals surface area contributed by atoms with Gasteiger partial charge >= 0.3 is 0 Å². The van der Waals surface area contributed by atoms with Gasteiger partial charge in [0.2, 0.25) is 0 Å². The van der Waals surface area contributed by atoms with Crippen LogP contribution >= 0.6 is 0 Å². The molecule has 0 bridgehead atoms. The second-order valence-corrected chi connectivity index (χ2v) is 4.79. The number of phenols is 1. The van der Waals surface area contributed by atoms with Crippen LogP contribution in [0.1, 0.15) is 18.1 Å². The lowest BCUT2D eigenvalue weighted by Crippen LogP contribution is -2.25. The van der Waals surface area contributed by atoms with Gasteiger partial charge in [0, 0.05) is 5.56 Å². The molecule has 0 spiro atoms. The highest BCUT2D eigenvalue weighted by atomic mass is 19.1. The number of amides is 1. The Morgan fingerprint density at radius 3 is 2.88 bits per heavy atom. The third-order valence-electron chi connectivity index (χ3n) is 3.06. The maximum atomic E-state index is 13.2. The Hall–Kier alpha value is -3.40. The van der Waals surface area contributed by atoms with E-state index in [0.717, 1.165) is 12.1 Å². The van der Waals surface area contributed by atoms with Gasteiger partial charge in [0.15, 0.2) is 6.61 Å². The molecule has 0 heterocycles. The SMILES string of the molecule is C/C(=N\NC(=O)COc1ccccc1C#N)c1cc(F)ccc1O. The summed E-state index contributed by atoms with van der Waals surface area (Å²) >= 11 is 0. The van der Waals surface area contributed by atoms with Crippen molar-refractivity contribution >= 4 is 11.6 Å². The molecule has 0 aliphatic rings. The van der Waals surface area contributed by atoms with E-state index in [-0.39, 0.29) is 23.6 Å². The molecule has 0 saturated heterocycles. The lowest BCUT2D eigenvalue weighted by molar-refractivity contribution is -0.123. The average Bonchev–Trinajstić information content (AvgIpc) is 2.60. The van der Waals surface area contributed by atoms with Gasteiger partial charge < -0.3 is 9.84 Å². The highest BCUT2D eigenvalue weighted by molar-refractivity contribution is 6.01. The van der Waals surface area contributed by atoms with E-state index < -0.39 is 11.7 Å². The molecule has 1 amide bonds. The predicted molar refractivity (Wildman–Crippen MR) is 85.1 cm³/mol. The number of rotatable bonds is 5. The molecule has 7 heteroatoms. The monoisotopic (exact) mass is 327 g/mol. The van der Waals surface area contributed by atoms with Crippen LogP contribution in [0.25, 0.3) is 0 Å². The number of carbonyl (C=O) groups is 1. The number of halogens is 1. The Morgan fingerprint density at radius 1 is 1.38 bits per heavy atom. The smallest absolute Gasteiger partial charge is 0.277 e. The van der Waals surface area contributed by atoms with Crippen LogP contribution in [0.15, 0.2) is 47.6 Å². The standard InChI is InChI=1S/C17H14FN3O3/c1-11(14-8-13(18)6-7-15(14)22)20-21-17(23)10-24-16-5-3-2-4-12(16)9-19/h2-8,22H,10H2,1H3,(H,21,23)/b20-11+. The zero-order valence-corrected chi connectivity index (χ0v) is 12.8. The van der Waals surface area contributed by atoms with Crippen molar-refractivity contribution in [2.24, 2.45) is 5.10 Å². The fourth-order valence-corrected chi connectivity index (χ4v) is 1.86. The van der Waals surface area contributed by atoms with Crippen LogP contribution in [0, 0.1) is 17.1 Å². The first-order chi connectivity index (χ1) is 11.5. The predicted octanol–water partition coefficient (Wildman–Crippen LogP) is 2.32. The minimum Gasteiger partial charge on any atom is -0.507 e. The quantitative estimate of drug-likeness (QED) is 0.651. The molecule has 2 aromatic rings. The van der Waals surface area contributed by atoms with Gasteiger partial charge in [-0.3, -0.25) is 4.79 Å². The topological polar surface area (TPSA) is 94.7 Å². The Kier molecular flexibility index (Phi) is 5.47. The van der Waals surface area contributed by atoms with Gasteiger partial charge in [0.05, 0.1) is 11.3 Å². The number of para-hydroxylation sites is 1. The van der Waals surface area contributed by atoms with E-state index in [9.17, 15) is 14.3 Å². The number of nitrogens with zero attached hydrogens (tertiary/aromatic N) is 2. The number of benzene rings is 2. The molecule has 2 aromatic carbocycles. The minimum absolute atomic E-state index is 0.147. The summed E-state index contributed by atoms with van der Waals surface area (Å²) in [4.78, 5) is 11.7. The molecular weight excluding hydrogens is 313 g/mol. The summed E-state index contributed by atoms with van der Waals surface area (Å²) in [6.07, 6.45) is 0. The third kappa shape index (κ3) is 4.30. The molecule has 2 N–H and O–H groups in total. The Bertz CT molecular complexity index is 828. The van der Waals surface area contributed by atoms with Crippen molar-refractivity contribution in [1.82, 2.24) is 5.43 Å². The van der Waals surface area contributed by atoms with Gasteiger partial charge in [-0.05, 0) is 37.3 Å². The van der Waals surface area contributed by atoms with Gasteiger partial charge in [0.25, 0.3) is 5.91 Å². The molecule has 0 fully saturated rings. The van der Waals surface area contributed by atoms with E-state index in [1.807, 2.05) is 6.07 Å². The number of nitriles is 1. The van der Waals surface area contributed by atoms with Crippen molar-refractivity contribution in [1.29, 1.82) is 5.26 Å². The first kappa shape index (κ1) is 17.0. The summed E-state index contributed by atoms with van der Waals surface area (Å²) < 4.78 is 18.4. The Balaban J connectivity index is 1.97. The van der Waals surface area contributed by atoms with Gasteiger partial charge in [0.1, 0.15) is 23.4 Å². The number of hydrogen-bond donors (Lipinski definition) is 2. The number of aromatic hydroxyl groups is 1. The molecule has 0 atom stereocenters. The summed E-state index contributed by atoms with van der Waals surface area (Å²) in [6, 6.07) is 11.9. The van der Waals surface area contributed by atoms with Crippen LogP contribution < -0.4 is 10.2 Å². The first-order valence-corrected chi connectivity index (χ1v) is 6.95. The average molecular weight is 327 g/mol. The van der Waals surface area contributed by atoms with Crippen molar-refractivity contribution in [3.8, 4) is 17.6 Å². The largest absolute Gasteiger partial charge is 0.507 e. The lowest BCUT2D eigenvalue weighted by Gasteiger charge is -2.07. The molecule has 0 aliphatic heterocycles. The van der Waals surface area contributed by atoms with Crippen LogP contribution in [0.3, 0.4) is 0 Å². The molecule has 122 valence electrons. The summed E-state index contributed by atoms with van der Waals surface area (Å²) in [5.74, 6) is -0.942. The third-order valence-corrected chi connectivity index (χ3v) is 3.06. The van der Waals surface area contributed by atoms with Crippen LogP contribution in [0.4, 0.5) is 4.39 Å². The zero-order chi connectivity index (χ0) is 17.5. The number of ether oxygens (including phenoxy) is 1. The van der Waals surface area contributed by atoms with Gasteiger partial charge in [-0.15, -0.1) is 0 Å². The van der Waals surface area contributed by atoms with Gasteiger partial charge in [-0.1, -0.05) is 12.1 Å². The number of hydrogen-bond acceptors (Lipinski definition) is 5. The van der Waals surface area contributed by atoms with Crippen molar-refractivity contribution in [3.05, 3.63) is 59.4 Å². The van der Waals surface area contributed by atoms with Crippen LogP contribution in [0.5, 0.6) is 11.5 Å². The molecular formula is C17H14FN3O3. The summed E-state index contributed by atoms with van der Waals surface area (Å²) in [5.41, 5.74) is 2.96. The zero-order valence-electron chi connectivity index (χ0n) is 12.8. The molecule has 0 aromatic heterocycles. The molecule has 0 saturated carbocycles. The lowest BCUT2D eigenvalue weighted by atomic mass is 10.1. The summed E-state index contributed by atoms with van der Waals surface area (Å²) in [5, 5.41) is 22.4. The van der Waals surface area contributed by atoms with Gasteiger partial charge in [-0.2, -0.15) is 10.4 Å². The van der Waals surface area contributed by atoms with Crippen LogP contribution in [0.2, 0.25) is 0 Å². The van der Waals surface area contributed by atoms with E-state index in [4.69, 9.17) is 10.00 Å². The van der Waals surface area contributed by atoms with E-state index in [2.05, 4.69) is 10.5 Å². The first-order valence-electron chi connectivity index (χ1n) is 6.95. The molecule has 0 radical (unpaired) electrons. The molecule has 2 rings (SSSR count). The highest BCUT2D eigenvalue weighted by Gasteiger charge is 2.08. The van der Waals surface area contributed by atoms with Crippen molar-refractivity contribution in [2.75, 3.05) is 6.61 Å². The summed E-state index contributed by atoms with van der Waals surface area (Å²) in [6.45, 7) is 1.17. The van der Waals surface area contributed by atoms with Crippen LogP contribution in [-0.4, -0.2) is 23.3 Å². The number of phenolic OH excluding ortho intramolecular Hbond substituents is 1. The number of hydrazone groups is 1. The minimum atomic E-state index is -0.557. The maximum Gasteiger partial charge on any atom is 0.277 e. The van der Waals surface area contributed by atoms with Gasteiger partial charge in [-0.25, -0.2) is 9.82 Å². The Labute approximate surface area is 137 Å². The summed E-state index contributed by atoms with van der Waals surface area (Å²) in [7, 11) is 0. The second kappa shape index (κ2) is 7.74. The number of carbonyl (C=O) groups excluding carboxylic acids is 1. The fraction of sp³-hybridized carbons (Fsp3) is 0.118. The van der Waals surface area contributed by atoms with E-state index in [1.165, 1.54) is 13.0 Å². The van der Waals surface area contributed by atoms with Crippen molar-refractivity contribution in [2.45, 2.75) is 6.92 Å². The fourth-order valence-electron chi connectivity index (χ4n) is 1.86. The molecule has 24 heavy (non-hydrogen) atoms. The van der Waals surface area contributed by atoms with Crippen molar-refractivity contribution < 1.29 is 19.0 Å². The van der Waals surface area contributed by atoms with E-state index in [0.29, 0.717) is 11.3 Å². The Morgan fingerprint density at radius 2 is 2.12 bits per heavy atom. The van der Waals surface area contributed by atoms with E-state index >= 15 is 0 Å². The highest BCUT2D eigenvalue weighted by Crippen LogP contribution is 2.18. The molecule has 0 aliphatic carbocycles. The van der Waals surface area contributed by atoms with E-state index in [1.54, 1.807) is 24.3 Å². The molecule has 6 nitrogen and oxygen atoms in total.